The maximum atomic E-state index is 12.7. The van der Waals surface area contributed by atoms with Gasteiger partial charge in [0.2, 0.25) is 0 Å². The normalized spacial score (nSPS) is 17.0. The maximum Gasteiger partial charge on any atom is 0.394 e. The molecular weight excluding hydrogens is 450 g/mol. The number of aromatic carboxylic acids is 1. The van der Waals surface area contributed by atoms with Crippen LogP contribution < -0.4 is 16.0 Å². The molecule has 11 heteroatoms. The molecule has 33 heavy (non-hydrogen) atoms. The molecule has 2 aromatic rings. The minimum atomic E-state index is -1.71. The number of aryl methyl sites for hydroxylation is 1. The van der Waals surface area contributed by atoms with Crippen molar-refractivity contribution < 1.29 is 34.5 Å². The predicted octanol–water partition coefficient (Wildman–Crippen LogP) is 1.52. The number of carbonyl (C=O) groups excluding carboxylic acids is 2. The van der Waals surface area contributed by atoms with Crippen LogP contribution in [-0.2, 0) is 33.8 Å². The second kappa shape index (κ2) is 9.04. The highest BCUT2D eigenvalue weighted by molar-refractivity contribution is 7.17. The fourth-order valence-electron chi connectivity index (χ4n) is 4.10. The summed E-state index contributed by atoms with van der Waals surface area (Å²) >= 11 is 1.01. The van der Waals surface area contributed by atoms with E-state index < -0.39 is 17.8 Å². The Balaban J connectivity index is 1.46. The molecule has 0 radical (unpaired) electrons. The smallest absolute Gasteiger partial charge is 0.394 e. The SMILES string of the molecule is O=C(O)C(=O)Nc1sc2c(c1C(=O)O)C[C@@H](CNC(=O)C1=C(O)c3ccccc3CC1)NC2. The highest BCUT2D eigenvalue weighted by Crippen LogP contribution is 2.36. The molecule has 10 nitrogen and oxygen atoms in total. The van der Waals surface area contributed by atoms with Gasteiger partial charge in [-0.3, -0.25) is 9.59 Å². The van der Waals surface area contributed by atoms with Crippen LogP contribution in [-0.4, -0.2) is 51.7 Å². The number of amides is 2. The van der Waals surface area contributed by atoms with E-state index in [0.717, 1.165) is 16.9 Å². The van der Waals surface area contributed by atoms with Gasteiger partial charge in [-0.2, -0.15) is 0 Å². The van der Waals surface area contributed by atoms with Crippen molar-refractivity contribution in [3.8, 4) is 0 Å². The Morgan fingerprint density at radius 3 is 2.61 bits per heavy atom. The van der Waals surface area contributed by atoms with Gasteiger partial charge in [-0.05, 0) is 30.4 Å². The number of hydrogen-bond acceptors (Lipinski definition) is 7. The molecule has 1 aliphatic carbocycles. The first kappa shape index (κ1) is 22.5. The number of rotatable bonds is 5. The molecule has 0 saturated carbocycles. The van der Waals surface area contributed by atoms with E-state index in [1.165, 1.54) is 0 Å². The van der Waals surface area contributed by atoms with E-state index in [2.05, 4.69) is 16.0 Å². The van der Waals surface area contributed by atoms with Crippen LogP contribution in [0.3, 0.4) is 0 Å². The number of hydrogen-bond donors (Lipinski definition) is 6. The number of carboxylic acids is 2. The quantitative estimate of drug-likeness (QED) is 0.357. The van der Waals surface area contributed by atoms with Crippen molar-refractivity contribution in [2.45, 2.75) is 31.8 Å². The molecule has 4 rings (SSSR count). The Bertz CT molecular complexity index is 1200. The van der Waals surface area contributed by atoms with Gasteiger partial charge in [-0.25, -0.2) is 9.59 Å². The van der Waals surface area contributed by atoms with Gasteiger partial charge < -0.3 is 31.3 Å². The van der Waals surface area contributed by atoms with Crippen molar-refractivity contribution in [3.05, 3.63) is 57.0 Å². The molecule has 6 N–H and O–H groups in total. The Morgan fingerprint density at radius 1 is 1.12 bits per heavy atom. The van der Waals surface area contributed by atoms with Crippen LogP contribution in [0.25, 0.3) is 5.76 Å². The van der Waals surface area contributed by atoms with E-state index in [1.807, 2.05) is 12.1 Å². The fraction of sp³-hybridized carbons (Fsp3) is 0.273. The van der Waals surface area contributed by atoms with E-state index in [9.17, 15) is 29.4 Å². The number of carboxylic acid groups (broad SMARTS) is 2. The largest absolute Gasteiger partial charge is 0.507 e. The van der Waals surface area contributed by atoms with E-state index in [0.29, 0.717) is 41.0 Å². The summed E-state index contributed by atoms with van der Waals surface area (Å²) in [5.74, 6) is -4.70. The number of thiophene rings is 1. The van der Waals surface area contributed by atoms with Crippen LogP contribution in [0.4, 0.5) is 5.00 Å². The average Bonchev–Trinajstić information content (AvgIpc) is 3.15. The number of aliphatic hydroxyl groups excluding tert-OH is 1. The summed E-state index contributed by atoms with van der Waals surface area (Å²) in [4.78, 5) is 47.5. The molecule has 1 aromatic heterocycles. The van der Waals surface area contributed by atoms with Gasteiger partial charge in [0, 0.05) is 29.6 Å². The summed E-state index contributed by atoms with van der Waals surface area (Å²) in [6.45, 7) is 0.507. The summed E-state index contributed by atoms with van der Waals surface area (Å²) in [5.41, 5.74) is 2.31. The minimum absolute atomic E-state index is 0.0256. The zero-order valence-corrected chi connectivity index (χ0v) is 18.1. The Kier molecular flexibility index (Phi) is 6.16. The first-order valence-corrected chi connectivity index (χ1v) is 11.0. The summed E-state index contributed by atoms with van der Waals surface area (Å²) in [7, 11) is 0. The van der Waals surface area contributed by atoms with Gasteiger partial charge in [-0.1, -0.05) is 24.3 Å². The lowest BCUT2D eigenvalue weighted by Crippen LogP contribution is -2.45. The summed E-state index contributed by atoms with van der Waals surface area (Å²) < 4.78 is 0. The summed E-state index contributed by atoms with van der Waals surface area (Å²) in [5, 5.41) is 37.1. The first-order valence-electron chi connectivity index (χ1n) is 10.2. The number of aliphatic hydroxyl groups is 1. The highest BCUT2D eigenvalue weighted by Gasteiger charge is 2.31. The van der Waals surface area contributed by atoms with Crippen LogP contribution in [0.15, 0.2) is 29.8 Å². The molecule has 1 aliphatic heterocycles. The average molecular weight is 471 g/mol. The minimum Gasteiger partial charge on any atom is -0.507 e. The van der Waals surface area contributed by atoms with Gasteiger partial charge >= 0.3 is 17.8 Å². The zero-order chi connectivity index (χ0) is 23.7. The van der Waals surface area contributed by atoms with Crippen molar-refractivity contribution in [2.75, 3.05) is 11.9 Å². The van der Waals surface area contributed by atoms with Crippen LogP contribution in [0.1, 0.15) is 38.3 Å². The van der Waals surface area contributed by atoms with Gasteiger partial charge in [0.15, 0.2) is 0 Å². The molecule has 1 atom stereocenters. The molecule has 0 spiro atoms. The second-order valence-electron chi connectivity index (χ2n) is 7.75. The third-order valence-corrected chi connectivity index (χ3v) is 6.86. The van der Waals surface area contributed by atoms with Crippen LogP contribution in [0.5, 0.6) is 0 Å². The lowest BCUT2D eigenvalue weighted by atomic mass is 9.90. The standard InChI is InChI=1S/C22H21N3O7S/c26-17-12-4-2-1-3-10(12)5-6-13(17)18(27)24-8-11-7-14-15(9-23-11)33-20(16(14)21(29)30)25-19(28)22(31)32/h1-4,11,23,26H,5-9H2,(H,24,27)(H,25,28)(H,29,30)(H,31,32)/t11-/m0/s1. The van der Waals surface area contributed by atoms with Crippen LogP contribution >= 0.6 is 11.3 Å². The second-order valence-corrected chi connectivity index (χ2v) is 8.85. The lowest BCUT2D eigenvalue weighted by Gasteiger charge is -2.25. The number of benzene rings is 1. The molecule has 2 heterocycles. The van der Waals surface area contributed by atoms with Crippen LogP contribution in [0, 0.1) is 0 Å². The molecular formula is C22H21N3O7S. The third-order valence-electron chi connectivity index (χ3n) is 5.71. The van der Waals surface area contributed by atoms with E-state index in [4.69, 9.17) is 5.11 Å². The molecule has 2 aliphatic rings. The number of aliphatic carboxylic acids is 1. The van der Waals surface area contributed by atoms with Crippen molar-refractivity contribution in [1.29, 1.82) is 0 Å². The van der Waals surface area contributed by atoms with Gasteiger partial charge in [0.05, 0.1) is 11.1 Å². The highest BCUT2D eigenvalue weighted by atomic mass is 32.1. The van der Waals surface area contributed by atoms with E-state index in [-0.39, 0.29) is 41.2 Å². The molecule has 0 bridgehead atoms. The maximum absolute atomic E-state index is 12.7. The van der Waals surface area contributed by atoms with Gasteiger partial charge in [-0.15, -0.1) is 11.3 Å². The number of nitrogens with one attached hydrogen (secondary N) is 3. The van der Waals surface area contributed by atoms with Crippen LogP contribution in [0.2, 0.25) is 0 Å². The third kappa shape index (κ3) is 4.45. The Labute approximate surface area is 191 Å². The predicted molar refractivity (Wildman–Crippen MR) is 119 cm³/mol. The van der Waals surface area contributed by atoms with E-state index in [1.54, 1.807) is 12.1 Å². The van der Waals surface area contributed by atoms with Gasteiger partial charge in [0.25, 0.3) is 5.91 Å². The Morgan fingerprint density at radius 2 is 1.88 bits per heavy atom. The fourth-order valence-corrected chi connectivity index (χ4v) is 5.26. The molecule has 0 fully saturated rings. The molecule has 2 amide bonds. The number of carbonyl (C=O) groups is 4. The van der Waals surface area contributed by atoms with E-state index >= 15 is 0 Å². The van der Waals surface area contributed by atoms with Crippen molar-refractivity contribution in [3.63, 3.8) is 0 Å². The topological polar surface area (TPSA) is 165 Å². The molecule has 0 unspecified atom stereocenters. The lowest BCUT2D eigenvalue weighted by molar-refractivity contribution is -0.147. The van der Waals surface area contributed by atoms with Crippen molar-refractivity contribution >= 4 is 45.9 Å². The summed E-state index contributed by atoms with van der Waals surface area (Å²) in [6.07, 6.45) is 1.33. The first-order chi connectivity index (χ1) is 15.8. The van der Waals surface area contributed by atoms with Gasteiger partial charge in [0.1, 0.15) is 10.8 Å². The van der Waals surface area contributed by atoms with Crippen molar-refractivity contribution in [1.82, 2.24) is 10.6 Å². The monoisotopic (exact) mass is 471 g/mol. The van der Waals surface area contributed by atoms with Crippen molar-refractivity contribution in [2.24, 2.45) is 0 Å². The number of anilines is 1. The zero-order valence-electron chi connectivity index (χ0n) is 17.3. The number of fused-ring (bicyclic) bond motifs is 2. The molecule has 1 aromatic carbocycles. The summed E-state index contributed by atoms with van der Waals surface area (Å²) in [6, 6.07) is 7.09. The Hall–Kier alpha value is -3.70. The molecule has 172 valence electrons. The molecule has 0 saturated heterocycles.